The van der Waals surface area contributed by atoms with Crippen molar-refractivity contribution in [2.45, 2.75) is 19.4 Å². The van der Waals surface area contributed by atoms with Crippen LogP contribution in [0.25, 0.3) is 0 Å². The van der Waals surface area contributed by atoms with Crippen molar-refractivity contribution in [1.29, 1.82) is 0 Å². The van der Waals surface area contributed by atoms with E-state index in [4.69, 9.17) is 11.6 Å². The Kier molecular flexibility index (Phi) is 3.85. The lowest BCUT2D eigenvalue weighted by Gasteiger charge is -2.20. The Hall–Kier alpha value is -2.34. The van der Waals surface area contributed by atoms with E-state index in [9.17, 15) is 14.9 Å². The second kappa shape index (κ2) is 5.81. The second-order valence-corrected chi connectivity index (χ2v) is 5.64. The van der Waals surface area contributed by atoms with Gasteiger partial charge in [-0.3, -0.25) is 19.5 Å². The van der Waals surface area contributed by atoms with Crippen LogP contribution in [0.1, 0.15) is 17.5 Å². The zero-order chi connectivity index (χ0) is 15.7. The molecule has 0 saturated carbocycles. The van der Waals surface area contributed by atoms with Crippen molar-refractivity contribution < 1.29 is 4.92 Å². The first kappa shape index (κ1) is 14.6. The van der Waals surface area contributed by atoms with Gasteiger partial charge in [-0.15, -0.1) is 0 Å². The van der Waals surface area contributed by atoms with Gasteiger partial charge >= 0.3 is 5.69 Å². The van der Waals surface area contributed by atoms with Gasteiger partial charge in [0.25, 0.3) is 5.56 Å². The average molecular weight is 320 g/mol. The molecule has 0 unspecified atom stereocenters. The van der Waals surface area contributed by atoms with Gasteiger partial charge in [0.15, 0.2) is 5.82 Å². The first-order chi connectivity index (χ1) is 10.6. The summed E-state index contributed by atoms with van der Waals surface area (Å²) in [4.78, 5) is 23.4. The fourth-order valence-electron chi connectivity index (χ4n) is 2.68. The van der Waals surface area contributed by atoms with E-state index in [0.717, 1.165) is 12.0 Å². The summed E-state index contributed by atoms with van der Waals surface area (Å²) in [5, 5.41) is 14.8. The van der Waals surface area contributed by atoms with Crippen LogP contribution >= 0.6 is 11.6 Å². The van der Waals surface area contributed by atoms with Gasteiger partial charge in [0.05, 0.1) is 4.92 Å². The van der Waals surface area contributed by atoms with Crippen LogP contribution in [0.2, 0.25) is 5.02 Å². The van der Waals surface area contributed by atoms with Crippen LogP contribution in [0, 0.1) is 10.1 Å². The smallest absolute Gasteiger partial charge is 0.310 e. The Morgan fingerprint density at radius 3 is 2.91 bits per heavy atom. The average Bonchev–Trinajstić information content (AvgIpc) is 2.50. The molecule has 0 amide bonds. The van der Waals surface area contributed by atoms with Crippen molar-refractivity contribution in [2.24, 2.45) is 0 Å². The number of rotatable bonds is 3. The highest BCUT2D eigenvalue weighted by Gasteiger charge is 2.24. The van der Waals surface area contributed by atoms with Gasteiger partial charge in [-0.05, 0) is 24.1 Å². The molecule has 1 aliphatic heterocycles. The van der Waals surface area contributed by atoms with Gasteiger partial charge in [0.2, 0.25) is 0 Å². The Morgan fingerprint density at radius 1 is 1.36 bits per heavy atom. The predicted molar refractivity (Wildman–Crippen MR) is 84.7 cm³/mol. The molecule has 0 aliphatic carbocycles. The minimum Gasteiger partial charge on any atom is -0.366 e. The lowest BCUT2D eigenvalue weighted by atomic mass is 10.1. The molecule has 0 radical (unpaired) electrons. The minimum atomic E-state index is -0.453. The van der Waals surface area contributed by atoms with Crippen molar-refractivity contribution >= 4 is 23.1 Å². The highest BCUT2D eigenvalue weighted by molar-refractivity contribution is 6.30. The lowest BCUT2D eigenvalue weighted by Crippen LogP contribution is -2.31. The summed E-state index contributed by atoms with van der Waals surface area (Å²) in [5.41, 5.74) is 1.01. The highest BCUT2D eigenvalue weighted by atomic mass is 35.5. The third kappa shape index (κ3) is 2.69. The molecule has 0 atom stereocenters. The molecule has 114 valence electrons. The number of aromatic nitrogens is 1. The quantitative estimate of drug-likeness (QED) is 0.697. The van der Waals surface area contributed by atoms with E-state index in [-0.39, 0.29) is 11.2 Å². The van der Waals surface area contributed by atoms with E-state index in [1.807, 2.05) is 6.07 Å². The van der Waals surface area contributed by atoms with E-state index in [1.54, 1.807) is 18.2 Å². The molecule has 0 spiro atoms. The number of nitro groups is 1. The molecular weight excluding hydrogens is 306 g/mol. The molecular formula is C15H14ClN3O3. The number of nitrogens with zero attached hydrogens (tertiary/aromatic N) is 2. The predicted octanol–water partition coefficient (Wildman–Crippen LogP) is 2.82. The summed E-state index contributed by atoms with van der Waals surface area (Å²) in [6.45, 7) is 1.12. The minimum absolute atomic E-state index is 0.0590. The van der Waals surface area contributed by atoms with Crippen molar-refractivity contribution in [3.63, 3.8) is 0 Å². The standard InChI is InChI=1S/C15H14ClN3O3/c16-12-4-1-3-10(8-12)7-11-9-13(19(21)22)14-17-5-2-6-18(14)15(11)20/h1,3-4,8-9,17H,2,5-7H2. The SMILES string of the molecule is O=c1c(Cc2cccc(Cl)c2)cc([N+](=O)[O-])c2n1CCCN2. The van der Waals surface area contributed by atoms with Crippen LogP contribution in [-0.4, -0.2) is 16.0 Å². The van der Waals surface area contributed by atoms with E-state index in [0.29, 0.717) is 35.9 Å². The van der Waals surface area contributed by atoms with Crippen molar-refractivity contribution in [2.75, 3.05) is 11.9 Å². The molecule has 1 aromatic heterocycles. The van der Waals surface area contributed by atoms with Gasteiger partial charge in [0.1, 0.15) is 0 Å². The molecule has 0 saturated heterocycles. The monoisotopic (exact) mass is 319 g/mol. The lowest BCUT2D eigenvalue weighted by molar-refractivity contribution is -0.384. The van der Waals surface area contributed by atoms with E-state index >= 15 is 0 Å². The maximum Gasteiger partial charge on any atom is 0.310 e. The molecule has 1 aromatic carbocycles. The summed E-state index contributed by atoms with van der Waals surface area (Å²) in [6, 6.07) is 8.52. The Morgan fingerprint density at radius 2 is 2.18 bits per heavy atom. The largest absolute Gasteiger partial charge is 0.366 e. The first-order valence-corrected chi connectivity index (χ1v) is 7.33. The number of benzene rings is 1. The third-order valence-corrected chi connectivity index (χ3v) is 3.91. The van der Waals surface area contributed by atoms with Crippen molar-refractivity contribution in [3.8, 4) is 0 Å². The zero-order valence-electron chi connectivity index (χ0n) is 11.7. The number of anilines is 1. The molecule has 2 heterocycles. The van der Waals surface area contributed by atoms with Crippen LogP contribution in [-0.2, 0) is 13.0 Å². The Bertz CT molecular complexity index is 801. The van der Waals surface area contributed by atoms with E-state index in [1.165, 1.54) is 10.6 Å². The van der Waals surface area contributed by atoms with Crippen LogP contribution in [0.3, 0.4) is 0 Å². The molecule has 7 heteroatoms. The summed E-state index contributed by atoms with van der Waals surface area (Å²) in [6.07, 6.45) is 1.09. The van der Waals surface area contributed by atoms with Gasteiger partial charge in [-0.1, -0.05) is 23.7 Å². The summed E-state index contributed by atoms with van der Waals surface area (Å²) < 4.78 is 1.46. The molecule has 6 nitrogen and oxygen atoms in total. The normalized spacial score (nSPS) is 13.3. The number of hydrogen-bond acceptors (Lipinski definition) is 4. The van der Waals surface area contributed by atoms with Gasteiger partial charge < -0.3 is 5.32 Å². The fraction of sp³-hybridized carbons (Fsp3) is 0.267. The molecule has 1 N–H and O–H groups in total. The van der Waals surface area contributed by atoms with Gasteiger partial charge in [-0.2, -0.15) is 0 Å². The second-order valence-electron chi connectivity index (χ2n) is 5.20. The fourth-order valence-corrected chi connectivity index (χ4v) is 2.90. The molecule has 0 fully saturated rings. The number of nitrogens with one attached hydrogen (secondary N) is 1. The third-order valence-electron chi connectivity index (χ3n) is 3.67. The summed E-state index contributed by atoms with van der Waals surface area (Å²) in [5.74, 6) is 0.302. The topological polar surface area (TPSA) is 77.2 Å². The summed E-state index contributed by atoms with van der Waals surface area (Å²) >= 11 is 5.95. The van der Waals surface area contributed by atoms with E-state index < -0.39 is 4.92 Å². The molecule has 2 aromatic rings. The van der Waals surface area contributed by atoms with Crippen molar-refractivity contribution in [3.05, 3.63) is 66.9 Å². The molecule has 0 bridgehead atoms. The van der Waals surface area contributed by atoms with Crippen LogP contribution in [0.4, 0.5) is 11.5 Å². The van der Waals surface area contributed by atoms with Gasteiger partial charge in [-0.25, -0.2) is 0 Å². The maximum atomic E-state index is 12.5. The van der Waals surface area contributed by atoms with E-state index in [2.05, 4.69) is 5.32 Å². The molecule has 1 aliphatic rings. The maximum absolute atomic E-state index is 12.5. The Labute approximate surface area is 131 Å². The first-order valence-electron chi connectivity index (χ1n) is 6.95. The van der Waals surface area contributed by atoms with Crippen LogP contribution in [0.15, 0.2) is 35.1 Å². The zero-order valence-corrected chi connectivity index (χ0v) is 12.5. The van der Waals surface area contributed by atoms with Gasteiger partial charge in [0, 0.05) is 36.2 Å². The molecule has 22 heavy (non-hydrogen) atoms. The number of fused-ring (bicyclic) bond motifs is 1. The number of hydrogen-bond donors (Lipinski definition) is 1. The van der Waals surface area contributed by atoms with Crippen LogP contribution in [0.5, 0.6) is 0 Å². The number of halogens is 1. The van der Waals surface area contributed by atoms with Crippen LogP contribution < -0.4 is 10.9 Å². The molecule has 3 rings (SSSR count). The summed E-state index contributed by atoms with van der Waals surface area (Å²) in [7, 11) is 0. The van der Waals surface area contributed by atoms with Crippen molar-refractivity contribution in [1.82, 2.24) is 4.57 Å². The highest BCUT2D eigenvalue weighted by Crippen LogP contribution is 2.27. The Balaban J connectivity index is 2.10. The number of pyridine rings is 1.